The molecule has 0 spiro atoms. The van der Waals surface area contributed by atoms with Crippen molar-refractivity contribution in [1.29, 1.82) is 0 Å². The minimum atomic E-state index is 0.375. The van der Waals surface area contributed by atoms with Crippen LogP contribution < -0.4 is 5.32 Å². The Labute approximate surface area is 99.4 Å². The number of benzene rings is 1. The van der Waals surface area contributed by atoms with E-state index < -0.39 is 0 Å². The highest BCUT2D eigenvalue weighted by Gasteiger charge is 2.02. The summed E-state index contributed by atoms with van der Waals surface area (Å²) in [5.74, 6) is 2.62. The summed E-state index contributed by atoms with van der Waals surface area (Å²) in [6, 6.07) is 8.91. The molecule has 1 rings (SSSR count). The van der Waals surface area contributed by atoms with Crippen molar-refractivity contribution in [3.8, 4) is 12.3 Å². The molecule has 1 aromatic rings. The van der Waals surface area contributed by atoms with Crippen molar-refractivity contribution in [3.05, 3.63) is 33.4 Å². The lowest BCUT2D eigenvalue weighted by Gasteiger charge is -2.13. The Morgan fingerprint density at radius 1 is 1.43 bits per heavy atom. The summed E-state index contributed by atoms with van der Waals surface area (Å²) in [5.41, 5.74) is 1.31. The fraction of sp³-hybridized carbons (Fsp3) is 0.333. The van der Waals surface area contributed by atoms with E-state index in [9.17, 15) is 0 Å². The maximum Gasteiger partial charge on any atom is 0.0292 e. The zero-order valence-electron chi connectivity index (χ0n) is 8.26. The smallest absolute Gasteiger partial charge is 0.0292 e. The zero-order valence-corrected chi connectivity index (χ0v) is 10.4. The van der Waals surface area contributed by atoms with E-state index in [0.717, 1.165) is 13.0 Å². The van der Waals surface area contributed by atoms with E-state index in [1.807, 2.05) is 0 Å². The second-order valence-corrected chi connectivity index (χ2v) is 4.43. The van der Waals surface area contributed by atoms with Gasteiger partial charge in [-0.2, -0.15) is 0 Å². The molecule has 1 N–H and O–H groups in total. The summed E-state index contributed by atoms with van der Waals surface area (Å²) >= 11 is 2.31. The molecular weight excluding hydrogens is 285 g/mol. The van der Waals surface area contributed by atoms with Crippen LogP contribution in [0.5, 0.6) is 0 Å². The Morgan fingerprint density at radius 2 is 2.07 bits per heavy atom. The van der Waals surface area contributed by atoms with Gasteiger partial charge in [0.15, 0.2) is 0 Å². The third-order valence-corrected chi connectivity index (χ3v) is 2.81. The number of hydrogen-bond acceptors (Lipinski definition) is 1. The first-order valence-electron chi connectivity index (χ1n) is 4.66. The number of terminal acetylenes is 1. The lowest BCUT2D eigenvalue weighted by molar-refractivity contribution is 0.584. The molecule has 0 saturated carbocycles. The largest absolute Gasteiger partial charge is 0.309 e. The van der Waals surface area contributed by atoms with E-state index >= 15 is 0 Å². The first-order chi connectivity index (χ1) is 6.74. The average molecular weight is 299 g/mol. The number of hydrogen-bond donors (Lipinski definition) is 1. The highest BCUT2D eigenvalue weighted by atomic mass is 127. The molecule has 1 atom stereocenters. The van der Waals surface area contributed by atoms with Crippen LogP contribution in [0.3, 0.4) is 0 Å². The zero-order chi connectivity index (χ0) is 10.4. The molecule has 0 heterocycles. The average Bonchev–Trinajstić information content (AvgIpc) is 2.19. The molecule has 1 unspecified atom stereocenters. The fourth-order valence-corrected chi connectivity index (χ4v) is 1.59. The van der Waals surface area contributed by atoms with Crippen LogP contribution in [0, 0.1) is 15.9 Å². The summed E-state index contributed by atoms with van der Waals surface area (Å²) in [6.45, 7) is 3.03. The van der Waals surface area contributed by atoms with Gasteiger partial charge in [-0.3, -0.25) is 0 Å². The van der Waals surface area contributed by atoms with Gasteiger partial charge in [-0.15, -0.1) is 12.3 Å². The third-order valence-electron chi connectivity index (χ3n) is 2.09. The predicted molar refractivity (Wildman–Crippen MR) is 69.0 cm³/mol. The van der Waals surface area contributed by atoms with Gasteiger partial charge in [0.05, 0.1) is 0 Å². The van der Waals surface area contributed by atoms with Gasteiger partial charge in [-0.05, 0) is 47.2 Å². The summed E-state index contributed by atoms with van der Waals surface area (Å²) in [4.78, 5) is 0. The highest BCUT2D eigenvalue weighted by molar-refractivity contribution is 14.1. The molecule has 1 nitrogen and oxygen atoms in total. The van der Waals surface area contributed by atoms with Crippen LogP contribution in [0.25, 0.3) is 0 Å². The lowest BCUT2D eigenvalue weighted by Crippen LogP contribution is -2.19. The molecule has 2 heteroatoms. The summed E-state index contributed by atoms with van der Waals surface area (Å²) in [6.07, 6.45) is 5.97. The van der Waals surface area contributed by atoms with Crippen LogP contribution in [0.15, 0.2) is 24.3 Å². The molecule has 0 radical (unpaired) electrons. The quantitative estimate of drug-likeness (QED) is 0.512. The molecule has 0 aromatic heterocycles. The molecule has 0 amide bonds. The molecular formula is C12H14IN. The summed E-state index contributed by atoms with van der Waals surface area (Å²) in [5, 5.41) is 3.37. The molecule has 14 heavy (non-hydrogen) atoms. The summed E-state index contributed by atoms with van der Waals surface area (Å²) in [7, 11) is 0. The lowest BCUT2D eigenvalue weighted by atomic mass is 10.1. The minimum absolute atomic E-state index is 0.375. The fourth-order valence-electron chi connectivity index (χ4n) is 1.23. The van der Waals surface area contributed by atoms with Crippen molar-refractivity contribution >= 4 is 22.6 Å². The molecule has 0 bridgehead atoms. The van der Waals surface area contributed by atoms with Crippen LogP contribution >= 0.6 is 22.6 Å². The van der Waals surface area contributed by atoms with Crippen LogP contribution in [0.1, 0.15) is 24.9 Å². The first kappa shape index (κ1) is 11.5. The van der Waals surface area contributed by atoms with Gasteiger partial charge < -0.3 is 5.32 Å². The van der Waals surface area contributed by atoms with Crippen molar-refractivity contribution in [2.45, 2.75) is 19.4 Å². The molecule has 1 aromatic carbocycles. The second kappa shape index (κ2) is 6.05. The first-order valence-corrected chi connectivity index (χ1v) is 5.74. The van der Waals surface area contributed by atoms with Crippen molar-refractivity contribution < 1.29 is 0 Å². The Morgan fingerprint density at radius 3 is 2.64 bits per heavy atom. The topological polar surface area (TPSA) is 12.0 Å². The molecule has 0 aliphatic carbocycles. The van der Waals surface area contributed by atoms with Crippen molar-refractivity contribution in [2.75, 3.05) is 6.54 Å². The van der Waals surface area contributed by atoms with Gasteiger partial charge in [-0.1, -0.05) is 12.1 Å². The van der Waals surface area contributed by atoms with Gasteiger partial charge in [0, 0.05) is 22.6 Å². The van der Waals surface area contributed by atoms with Crippen LogP contribution in [-0.4, -0.2) is 6.54 Å². The Kier molecular flexibility index (Phi) is 4.99. The maximum absolute atomic E-state index is 5.18. The molecule has 0 aliphatic heterocycles. The van der Waals surface area contributed by atoms with E-state index in [1.54, 1.807) is 0 Å². The minimum Gasteiger partial charge on any atom is -0.309 e. The molecule has 74 valence electrons. The Balaban J connectivity index is 2.48. The van der Waals surface area contributed by atoms with Gasteiger partial charge >= 0.3 is 0 Å². The molecule has 0 aliphatic rings. The number of halogens is 1. The molecule has 0 fully saturated rings. The van der Waals surface area contributed by atoms with E-state index in [1.165, 1.54) is 9.13 Å². The van der Waals surface area contributed by atoms with Gasteiger partial charge in [0.2, 0.25) is 0 Å². The number of rotatable bonds is 4. The van der Waals surface area contributed by atoms with Crippen molar-refractivity contribution in [2.24, 2.45) is 0 Å². The van der Waals surface area contributed by atoms with E-state index in [0.29, 0.717) is 6.04 Å². The Hall–Kier alpha value is -0.530. The van der Waals surface area contributed by atoms with Crippen LogP contribution in [-0.2, 0) is 0 Å². The third kappa shape index (κ3) is 3.69. The predicted octanol–water partition coefficient (Wildman–Crippen LogP) is 2.97. The Bertz CT molecular complexity index is 310. The highest BCUT2D eigenvalue weighted by Crippen LogP contribution is 2.14. The van der Waals surface area contributed by atoms with Crippen molar-refractivity contribution in [1.82, 2.24) is 5.32 Å². The van der Waals surface area contributed by atoms with Gasteiger partial charge in [0.1, 0.15) is 0 Å². The van der Waals surface area contributed by atoms with Crippen LogP contribution in [0.2, 0.25) is 0 Å². The van der Waals surface area contributed by atoms with E-state index in [2.05, 4.69) is 65.0 Å². The SMILES string of the molecule is C#CCCNC(C)c1ccc(I)cc1. The van der Waals surface area contributed by atoms with E-state index in [-0.39, 0.29) is 0 Å². The van der Waals surface area contributed by atoms with Gasteiger partial charge in [-0.25, -0.2) is 0 Å². The normalized spacial score (nSPS) is 12.1. The standard InChI is InChI=1S/C12H14IN/c1-3-4-9-14-10(2)11-5-7-12(13)8-6-11/h1,5-8,10,14H,4,9H2,2H3. The number of nitrogens with one attached hydrogen (secondary N) is 1. The van der Waals surface area contributed by atoms with Gasteiger partial charge in [0.25, 0.3) is 0 Å². The maximum atomic E-state index is 5.18. The van der Waals surface area contributed by atoms with Crippen LogP contribution in [0.4, 0.5) is 0 Å². The molecule has 0 saturated heterocycles. The van der Waals surface area contributed by atoms with Crippen molar-refractivity contribution in [3.63, 3.8) is 0 Å². The summed E-state index contributed by atoms with van der Waals surface area (Å²) < 4.78 is 1.27. The monoisotopic (exact) mass is 299 g/mol. The van der Waals surface area contributed by atoms with E-state index in [4.69, 9.17) is 6.42 Å². The second-order valence-electron chi connectivity index (χ2n) is 3.18.